The van der Waals surface area contributed by atoms with Crippen LogP contribution in [0.4, 0.5) is 0 Å². The van der Waals surface area contributed by atoms with E-state index in [1.165, 1.54) is 37.7 Å². The third kappa shape index (κ3) is 4.26. The molecule has 142 valence electrons. The first-order valence-electron chi connectivity index (χ1n) is 10.5. The van der Waals surface area contributed by atoms with Gasteiger partial charge in [-0.25, -0.2) is 0 Å². The second-order valence-electron chi connectivity index (χ2n) is 8.57. The molecule has 0 radical (unpaired) electrons. The number of rotatable bonds is 4. The van der Waals surface area contributed by atoms with E-state index >= 15 is 0 Å². The van der Waals surface area contributed by atoms with Gasteiger partial charge in [0.05, 0.1) is 0 Å². The molecule has 0 spiro atoms. The second kappa shape index (κ2) is 8.31. The van der Waals surface area contributed by atoms with Gasteiger partial charge in [-0.2, -0.15) is 0 Å². The predicted molar refractivity (Wildman–Crippen MR) is 106 cm³/mol. The number of benzene rings is 1. The minimum Gasteiger partial charge on any atom is -0.339 e. The minimum atomic E-state index is 0.417. The van der Waals surface area contributed by atoms with Crippen LogP contribution in [-0.2, 0) is 11.3 Å². The van der Waals surface area contributed by atoms with Crippen molar-refractivity contribution in [2.75, 3.05) is 19.6 Å². The Hall–Kier alpha value is -1.06. The molecule has 0 bridgehead atoms. The van der Waals surface area contributed by atoms with Crippen molar-refractivity contribution in [2.45, 2.75) is 64.0 Å². The summed E-state index contributed by atoms with van der Waals surface area (Å²) in [5.41, 5.74) is 1.29. The molecule has 4 heteroatoms. The Bertz CT molecular complexity index is 628. The molecule has 1 saturated carbocycles. The number of carbonyl (C=O) groups is 1. The van der Waals surface area contributed by atoms with E-state index in [1.54, 1.807) is 0 Å². The van der Waals surface area contributed by atoms with Gasteiger partial charge in [-0.05, 0) is 55.2 Å². The molecule has 0 N–H and O–H groups in total. The van der Waals surface area contributed by atoms with Crippen LogP contribution in [0.1, 0.15) is 56.9 Å². The van der Waals surface area contributed by atoms with Gasteiger partial charge in [-0.15, -0.1) is 0 Å². The summed E-state index contributed by atoms with van der Waals surface area (Å²) < 4.78 is 0. The van der Waals surface area contributed by atoms with Crippen LogP contribution in [0.15, 0.2) is 24.3 Å². The lowest BCUT2D eigenvalue weighted by Gasteiger charge is -2.48. The molecule has 3 fully saturated rings. The molecule has 2 atom stereocenters. The van der Waals surface area contributed by atoms with Crippen molar-refractivity contribution in [1.82, 2.24) is 9.80 Å². The fourth-order valence-electron chi connectivity index (χ4n) is 5.35. The number of carbonyl (C=O) groups excluding carboxylic acids is 1. The van der Waals surface area contributed by atoms with Crippen molar-refractivity contribution in [3.8, 4) is 0 Å². The van der Waals surface area contributed by atoms with Crippen molar-refractivity contribution in [2.24, 2.45) is 11.8 Å². The Morgan fingerprint density at radius 2 is 1.92 bits per heavy atom. The molecule has 1 aromatic carbocycles. The Labute approximate surface area is 162 Å². The Morgan fingerprint density at radius 3 is 2.73 bits per heavy atom. The summed E-state index contributed by atoms with van der Waals surface area (Å²) in [6.45, 7) is 4.20. The minimum absolute atomic E-state index is 0.417. The lowest BCUT2D eigenvalue weighted by molar-refractivity contribution is -0.142. The summed E-state index contributed by atoms with van der Waals surface area (Å²) >= 11 is 6.14. The van der Waals surface area contributed by atoms with Crippen LogP contribution in [0.25, 0.3) is 0 Å². The maximum absolute atomic E-state index is 12.6. The molecule has 1 aromatic rings. The summed E-state index contributed by atoms with van der Waals surface area (Å²) in [5.74, 6) is 1.81. The van der Waals surface area contributed by atoms with Gasteiger partial charge in [0.25, 0.3) is 0 Å². The largest absolute Gasteiger partial charge is 0.339 e. The molecule has 0 unspecified atom stereocenters. The van der Waals surface area contributed by atoms with Crippen LogP contribution in [-0.4, -0.2) is 41.4 Å². The van der Waals surface area contributed by atoms with Gasteiger partial charge >= 0.3 is 0 Å². The molecule has 2 heterocycles. The number of halogens is 1. The normalized spacial score (nSPS) is 28.2. The van der Waals surface area contributed by atoms with Gasteiger partial charge in [-0.1, -0.05) is 43.0 Å². The highest BCUT2D eigenvalue weighted by molar-refractivity contribution is 6.30. The molecule has 4 rings (SSSR count). The number of piperidine rings is 2. The third-order valence-electron chi connectivity index (χ3n) is 6.70. The molecule has 2 saturated heterocycles. The van der Waals surface area contributed by atoms with E-state index in [0.717, 1.165) is 56.4 Å². The van der Waals surface area contributed by atoms with Crippen LogP contribution in [0.3, 0.4) is 0 Å². The number of nitrogens with zero attached hydrogens (tertiary/aromatic N) is 2. The number of hydrogen-bond donors (Lipinski definition) is 0. The first-order chi connectivity index (χ1) is 12.7. The van der Waals surface area contributed by atoms with E-state index < -0.39 is 0 Å². The molecular formula is C22H31ClN2O. The smallest absolute Gasteiger partial charge is 0.222 e. The van der Waals surface area contributed by atoms with Crippen molar-refractivity contribution in [1.29, 1.82) is 0 Å². The summed E-state index contributed by atoms with van der Waals surface area (Å²) in [5, 5.41) is 0.819. The van der Waals surface area contributed by atoms with Gasteiger partial charge in [0, 0.05) is 43.7 Å². The summed E-state index contributed by atoms with van der Waals surface area (Å²) in [4.78, 5) is 17.5. The lowest BCUT2D eigenvalue weighted by atomic mass is 9.81. The van der Waals surface area contributed by atoms with E-state index in [2.05, 4.69) is 21.9 Å². The molecule has 3 aliphatic rings. The number of hydrogen-bond acceptors (Lipinski definition) is 2. The molecule has 0 aromatic heterocycles. The summed E-state index contributed by atoms with van der Waals surface area (Å²) in [6, 6.07) is 8.70. The fraction of sp³-hybridized carbons (Fsp3) is 0.682. The van der Waals surface area contributed by atoms with E-state index in [0.29, 0.717) is 17.9 Å². The Balaban J connectivity index is 1.37. The van der Waals surface area contributed by atoms with E-state index in [4.69, 9.17) is 11.6 Å². The number of fused-ring (bicyclic) bond motifs is 1. The van der Waals surface area contributed by atoms with Crippen molar-refractivity contribution < 1.29 is 4.79 Å². The molecule has 26 heavy (non-hydrogen) atoms. The average molecular weight is 375 g/mol. The van der Waals surface area contributed by atoms with E-state index in [1.807, 2.05) is 12.1 Å². The number of likely N-dealkylation sites (tertiary alicyclic amines) is 2. The summed E-state index contributed by atoms with van der Waals surface area (Å²) in [7, 11) is 0. The Morgan fingerprint density at radius 1 is 1.08 bits per heavy atom. The molecule has 3 nitrogen and oxygen atoms in total. The monoisotopic (exact) mass is 374 g/mol. The van der Waals surface area contributed by atoms with Crippen LogP contribution in [0.2, 0.25) is 5.02 Å². The van der Waals surface area contributed by atoms with Gasteiger partial charge < -0.3 is 4.90 Å². The highest BCUT2D eigenvalue weighted by atomic mass is 35.5. The van der Waals surface area contributed by atoms with Gasteiger partial charge in [-0.3, -0.25) is 9.69 Å². The second-order valence-corrected chi connectivity index (χ2v) is 9.01. The highest BCUT2D eigenvalue weighted by Crippen LogP contribution is 2.34. The molecule has 1 amide bonds. The molecule has 1 aliphatic carbocycles. The van der Waals surface area contributed by atoms with Crippen LogP contribution >= 0.6 is 11.6 Å². The third-order valence-corrected chi connectivity index (χ3v) is 6.94. The van der Waals surface area contributed by atoms with Crippen LogP contribution < -0.4 is 0 Å². The van der Waals surface area contributed by atoms with Crippen LogP contribution in [0.5, 0.6) is 0 Å². The zero-order valence-corrected chi connectivity index (χ0v) is 16.5. The van der Waals surface area contributed by atoms with E-state index in [-0.39, 0.29) is 0 Å². The van der Waals surface area contributed by atoms with Crippen molar-refractivity contribution in [3.63, 3.8) is 0 Å². The van der Waals surface area contributed by atoms with Gasteiger partial charge in [0.2, 0.25) is 5.91 Å². The topological polar surface area (TPSA) is 23.6 Å². The quantitative estimate of drug-likeness (QED) is 0.760. The van der Waals surface area contributed by atoms with Crippen molar-refractivity contribution in [3.05, 3.63) is 34.9 Å². The zero-order chi connectivity index (χ0) is 17.9. The van der Waals surface area contributed by atoms with Crippen molar-refractivity contribution >= 4 is 17.5 Å². The first-order valence-corrected chi connectivity index (χ1v) is 10.8. The number of amides is 1. The van der Waals surface area contributed by atoms with Gasteiger partial charge in [0.15, 0.2) is 0 Å². The zero-order valence-electron chi connectivity index (χ0n) is 15.7. The van der Waals surface area contributed by atoms with Gasteiger partial charge in [0.1, 0.15) is 0 Å². The fourth-order valence-corrected chi connectivity index (χ4v) is 5.56. The molecular weight excluding hydrogens is 344 g/mol. The maximum atomic E-state index is 12.6. The highest BCUT2D eigenvalue weighted by Gasteiger charge is 2.39. The maximum Gasteiger partial charge on any atom is 0.222 e. The van der Waals surface area contributed by atoms with E-state index in [9.17, 15) is 4.79 Å². The molecule has 2 aliphatic heterocycles. The predicted octanol–water partition coefficient (Wildman–Crippen LogP) is 4.73. The standard InChI is InChI=1S/C22H31ClN2O/c23-20-8-4-7-18(13-20)14-24-12-11-21-19(16-24)9-10-22(26)25(21)15-17-5-2-1-3-6-17/h4,7-8,13,17,19,21H,1-3,5-6,9-12,14-16H2/t19-,21+/m1/s1. The SMILES string of the molecule is O=C1CC[C@@H]2CN(Cc3cccc(Cl)c3)CC[C@@H]2N1CC1CCCCC1. The lowest BCUT2D eigenvalue weighted by Crippen LogP contribution is -2.56. The van der Waals surface area contributed by atoms with Crippen LogP contribution in [0, 0.1) is 11.8 Å². The average Bonchev–Trinajstić information content (AvgIpc) is 2.65. The Kier molecular flexibility index (Phi) is 5.85. The summed E-state index contributed by atoms with van der Waals surface area (Å²) in [6.07, 6.45) is 9.68. The first kappa shape index (κ1) is 18.3.